The Kier molecular flexibility index (Phi) is 7.66. The average molecular weight is 496 g/mol. The molecule has 2 aromatic carbocycles. The molecule has 0 radical (unpaired) electrons. The molecule has 0 N–H and O–H groups in total. The monoisotopic (exact) mass is 495 g/mol. The minimum absolute atomic E-state index is 0.0149. The fourth-order valence-corrected chi connectivity index (χ4v) is 4.40. The topological polar surface area (TPSA) is 80.6 Å². The summed E-state index contributed by atoms with van der Waals surface area (Å²) in [4.78, 5) is 34.4. The van der Waals surface area contributed by atoms with E-state index in [4.69, 9.17) is 4.74 Å². The van der Waals surface area contributed by atoms with Crippen LogP contribution in [-0.2, 0) is 29.2 Å². The summed E-state index contributed by atoms with van der Waals surface area (Å²) in [5.41, 5.74) is 3.37. The number of carbonyl (C=O) groups is 2. The van der Waals surface area contributed by atoms with Crippen molar-refractivity contribution in [3.63, 3.8) is 0 Å². The molecule has 2 amide bonds. The van der Waals surface area contributed by atoms with Crippen LogP contribution < -0.4 is 0 Å². The number of carbonyl (C=O) groups excluding carboxylic acids is 2. The lowest BCUT2D eigenvalue weighted by Gasteiger charge is -2.24. The van der Waals surface area contributed by atoms with Crippen molar-refractivity contribution >= 4 is 11.8 Å². The zero-order valence-electron chi connectivity index (χ0n) is 20.5. The highest BCUT2D eigenvalue weighted by atomic mass is 16.5. The molecule has 0 spiro atoms. The number of pyridine rings is 1. The van der Waals surface area contributed by atoms with Crippen molar-refractivity contribution in [2.75, 3.05) is 19.6 Å². The van der Waals surface area contributed by atoms with Crippen LogP contribution in [0.25, 0.3) is 0 Å². The summed E-state index contributed by atoms with van der Waals surface area (Å²) < 4.78 is 7.93. The lowest BCUT2D eigenvalue weighted by Crippen LogP contribution is -2.39. The molecule has 1 aliphatic rings. The summed E-state index contributed by atoms with van der Waals surface area (Å²) in [5, 5.41) is 4.37. The van der Waals surface area contributed by atoms with Crippen LogP contribution in [0.3, 0.4) is 0 Å². The van der Waals surface area contributed by atoms with Gasteiger partial charge in [-0.05, 0) is 23.3 Å². The third kappa shape index (κ3) is 6.48. The number of nitrogens with zero attached hydrogens (tertiary/aromatic N) is 5. The normalized spacial score (nSPS) is 16.0. The molecule has 4 aromatic rings. The van der Waals surface area contributed by atoms with Gasteiger partial charge in [0.25, 0.3) is 5.91 Å². The lowest BCUT2D eigenvalue weighted by atomic mass is 10.2. The molecular weight excluding hydrogens is 466 g/mol. The lowest BCUT2D eigenvalue weighted by molar-refractivity contribution is -0.132. The molecule has 0 aliphatic carbocycles. The fourth-order valence-electron chi connectivity index (χ4n) is 4.40. The molecule has 1 atom stereocenters. The minimum atomic E-state index is -0.361. The maximum absolute atomic E-state index is 13.5. The van der Waals surface area contributed by atoms with Gasteiger partial charge in [0.1, 0.15) is 6.54 Å². The Hall–Kier alpha value is -4.30. The second-order valence-electron chi connectivity index (χ2n) is 9.11. The molecule has 8 heteroatoms. The minimum Gasteiger partial charge on any atom is -0.368 e. The molecule has 3 heterocycles. The van der Waals surface area contributed by atoms with E-state index in [1.165, 1.54) is 0 Å². The van der Waals surface area contributed by atoms with E-state index in [1.54, 1.807) is 33.1 Å². The average Bonchev–Trinajstić information content (AvgIpc) is 3.34. The van der Waals surface area contributed by atoms with Gasteiger partial charge in [0.2, 0.25) is 5.91 Å². The Morgan fingerprint density at radius 1 is 0.892 bits per heavy atom. The summed E-state index contributed by atoms with van der Waals surface area (Å²) in [6.45, 7) is 1.99. The van der Waals surface area contributed by atoms with Crippen molar-refractivity contribution < 1.29 is 14.3 Å². The Morgan fingerprint density at radius 3 is 2.30 bits per heavy atom. The van der Waals surface area contributed by atoms with Crippen LogP contribution in [0.15, 0.2) is 97.5 Å². The SMILES string of the molecule is O=C1CN(C(=O)c2cnn(Cc3ccccc3)c2)CC(OCc2ccccn2)CN1Cc1ccccc1. The smallest absolute Gasteiger partial charge is 0.257 e. The molecule has 1 aliphatic heterocycles. The third-order valence-electron chi connectivity index (χ3n) is 6.29. The van der Waals surface area contributed by atoms with Crippen LogP contribution in [0.1, 0.15) is 27.2 Å². The molecule has 1 unspecified atom stereocenters. The quantitative estimate of drug-likeness (QED) is 0.374. The first-order valence-corrected chi connectivity index (χ1v) is 12.3. The largest absolute Gasteiger partial charge is 0.368 e. The van der Waals surface area contributed by atoms with Gasteiger partial charge < -0.3 is 14.5 Å². The van der Waals surface area contributed by atoms with Crippen molar-refractivity contribution in [1.29, 1.82) is 0 Å². The van der Waals surface area contributed by atoms with Crippen molar-refractivity contribution in [2.24, 2.45) is 0 Å². The second-order valence-corrected chi connectivity index (χ2v) is 9.11. The summed E-state index contributed by atoms with van der Waals surface area (Å²) in [7, 11) is 0. The predicted molar refractivity (Wildman–Crippen MR) is 138 cm³/mol. The van der Waals surface area contributed by atoms with Crippen LogP contribution in [0, 0.1) is 0 Å². The molecule has 1 saturated heterocycles. The van der Waals surface area contributed by atoms with Gasteiger partial charge in [0.05, 0.1) is 36.7 Å². The summed E-state index contributed by atoms with van der Waals surface area (Å²) in [6, 6.07) is 25.4. The van der Waals surface area contributed by atoms with Gasteiger partial charge in [0, 0.05) is 32.0 Å². The Balaban J connectivity index is 1.32. The van der Waals surface area contributed by atoms with Crippen LogP contribution in [0.2, 0.25) is 0 Å². The van der Waals surface area contributed by atoms with Crippen LogP contribution in [0.5, 0.6) is 0 Å². The molecule has 2 aromatic heterocycles. The Labute approximate surface area is 216 Å². The van der Waals surface area contributed by atoms with Crippen molar-refractivity contribution in [2.45, 2.75) is 25.8 Å². The van der Waals surface area contributed by atoms with Crippen LogP contribution >= 0.6 is 0 Å². The van der Waals surface area contributed by atoms with E-state index in [9.17, 15) is 9.59 Å². The van der Waals surface area contributed by atoms with E-state index in [-0.39, 0.29) is 24.5 Å². The fraction of sp³-hybridized carbons (Fsp3) is 0.241. The van der Waals surface area contributed by atoms with E-state index in [2.05, 4.69) is 10.1 Å². The highest BCUT2D eigenvalue weighted by Crippen LogP contribution is 2.16. The third-order valence-corrected chi connectivity index (χ3v) is 6.29. The zero-order valence-corrected chi connectivity index (χ0v) is 20.5. The number of rotatable bonds is 8. The zero-order chi connectivity index (χ0) is 25.5. The van der Waals surface area contributed by atoms with Crippen molar-refractivity contribution in [3.05, 3.63) is 120 Å². The number of amides is 2. The van der Waals surface area contributed by atoms with Gasteiger partial charge in [0.15, 0.2) is 0 Å². The highest BCUT2D eigenvalue weighted by molar-refractivity contribution is 5.96. The molecule has 0 bridgehead atoms. The second kappa shape index (κ2) is 11.6. The summed E-state index contributed by atoms with van der Waals surface area (Å²) >= 11 is 0. The van der Waals surface area contributed by atoms with Gasteiger partial charge in [-0.2, -0.15) is 5.10 Å². The summed E-state index contributed by atoms with van der Waals surface area (Å²) in [6.07, 6.45) is 4.66. The number of aromatic nitrogens is 3. The van der Waals surface area contributed by atoms with Gasteiger partial charge in [-0.3, -0.25) is 19.3 Å². The standard InChI is InChI=1S/C29H29N5O3/c35-28-21-33(29(36)25-15-31-34(18-25)17-24-11-5-2-6-12-24)20-27(37-22-26-13-7-8-14-30-26)19-32(28)16-23-9-3-1-4-10-23/h1-15,18,27H,16-17,19-22H2. The Bertz CT molecular complexity index is 1310. The van der Waals surface area contributed by atoms with Gasteiger partial charge in [-0.1, -0.05) is 66.7 Å². The molecule has 8 nitrogen and oxygen atoms in total. The van der Waals surface area contributed by atoms with Gasteiger partial charge >= 0.3 is 0 Å². The Morgan fingerprint density at radius 2 is 1.59 bits per heavy atom. The first-order chi connectivity index (χ1) is 18.1. The number of hydrogen-bond acceptors (Lipinski definition) is 5. The summed E-state index contributed by atoms with van der Waals surface area (Å²) in [5.74, 6) is -0.349. The molecule has 5 rings (SSSR count). The van der Waals surface area contributed by atoms with E-state index in [0.29, 0.717) is 38.3 Å². The van der Waals surface area contributed by atoms with E-state index >= 15 is 0 Å². The molecule has 188 valence electrons. The van der Waals surface area contributed by atoms with Crippen molar-refractivity contribution in [1.82, 2.24) is 24.6 Å². The first-order valence-electron chi connectivity index (χ1n) is 12.3. The maximum Gasteiger partial charge on any atom is 0.257 e. The van der Waals surface area contributed by atoms with Crippen LogP contribution in [-0.4, -0.2) is 62.1 Å². The van der Waals surface area contributed by atoms with Crippen molar-refractivity contribution in [3.8, 4) is 0 Å². The number of hydrogen-bond donors (Lipinski definition) is 0. The molecule has 0 saturated carbocycles. The predicted octanol–water partition coefficient (Wildman–Crippen LogP) is 3.40. The first kappa shape index (κ1) is 24.4. The van der Waals surface area contributed by atoms with E-state index in [1.807, 2.05) is 78.9 Å². The number of ether oxygens (including phenoxy) is 1. The van der Waals surface area contributed by atoms with Gasteiger partial charge in [-0.15, -0.1) is 0 Å². The highest BCUT2D eigenvalue weighted by Gasteiger charge is 2.32. The molecular formula is C29H29N5O3. The van der Waals surface area contributed by atoms with Gasteiger partial charge in [-0.25, -0.2) is 0 Å². The van der Waals surface area contributed by atoms with E-state index < -0.39 is 0 Å². The van der Waals surface area contributed by atoms with Crippen LogP contribution in [0.4, 0.5) is 0 Å². The molecule has 37 heavy (non-hydrogen) atoms. The molecule has 1 fully saturated rings. The van der Waals surface area contributed by atoms with E-state index in [0.717, 1.165) is 16.8 Å². The number of benzene rings is 2. The maximum atomic E-state index is 13.5.